The van der Waals surface area contributed by atoms with Gasteiger partial charge >= 0.3 is 58.4 Å². The van der Waals surface area contributed by atoms with Crippen molar-refractivity contribution in [2.45, 2.75) is 13.8 Å². The molecule has 0 saturated carbocycles. The number of aryl methyl sites for hydroxylation is 2. The van der Waals surface area contributed by atoms with Crippen LogP contribution in [-0.2, 0) is 0 Å². The van der Waals surface area contributed by atoms with Crippen LogP contribution in [0.4, 0.5) is 12.9 Å². The van der Waals surface area contributed by atoms with Gasteiger partial charge in [0, 0.05) is 5.02 Å². The average molecular weight is 277 g/mol. The molecule has 0 heterocycles. The molecule has 1 rings (SSSR count). The van der Waals surface area contributed by atoms with Gasteiger partial charge in [-0.15, -0.1) is 0 Å². The van der Waals surface area contributed by atoms with Crippen molar-refractivity contribution in [3.8, 4) is 5.75 Å². The van der Waals surface area contributed by atoms with E-state index in [1.54, 1.807) is 26.0 Å². The Labute approximate surface area is 140 Å². The van der Waals surface area contributed by atoms with E-state index in [9.17, 15) is 12.9 Å². The first-order valence-corrected chi connectivity index (χ1v) is 4.78. The number of hydrogen-bond donors (Lipinski definition) is 0. The van der Waals surface area contributed by atoms with Gasteiger partial charge < -0.3 is 17.7 Å². The minimum Gasteiger partial charge on any atom is -0.521 e. The summed E-state index contributed by atoms with van der Waals surface area (Å²) in [4.78, 5) is 0. The molecule has 0 N–H and O–H groups in total. The van der Waals surface area contributed by atoms with Crippen molar-refractivity contribution in [3.63, 3.8) is 0 Å². The van der Waals surface area contributed by atoms with Crippen molar-refractivity contribution >= 4 is 18.6 Å². The van der Waals surface area contributed by atoms with Crippen LogP contribution >= 0.6 is 11.6 Å². The SMILES string of the molecule is Cc1cc(Cl)cc(C)c1OC[B-](F)(F)F.[K+]. The Hall–Kier alpha value is 0.801. The van der Waals surface area contributed by atoms with Gasteiger partial charge in [0.25, 0.3) is 0 Å². The van der Waals surface area contributed by atoms with E-state index in [1.165, 1.54) is 0 Å². The maximum atomic E-state index is 12.0. The fourth-order valence-electron chi connectivity index (χ4n) is 1.30. The van der Waals surface area contributed by atoms with Crippen LogP contribution in [0.2, 0.25) is 5.02 Å². The molecule has 1 aromatic carbocycles. The fourth-order valence-corrected chi connectivity index (χ4v) is 1.63. The quantitative estimate of drug-likeness (QED) is 0.740. The van der Waals surface area contributed by atoms with E-state index in [4.69, 9.17) is 16.3 Å². The maximum Gasteiger partial charge on any atom is 1.00 e. The molecule has 0 atom stereocenters. The Bertz CT molecular complexity index is 347. The van der Waals surface area contributed by atoms with Crippen LogP contribution in [0.3, 0.4) is 0 Å². The summed E-state index contributed by atoms with van der Waals surface area (Å²) in [5.41, 5.74) is 1.22. The zero-order valence-corrected chi connectivity index (χ0v) is 13.2. The third-order valence-corrected chi connectivity index (χ3v) is 2.06. The van der Waals surface area contributed by atoms with E-state index in [1.807, 2.05) is 0 Å². The summed E-state index contributed by atoms with van der Waals surface area (Å²) in [6.45, 7) is -2.81. The smallest absolute Gasteiger partial charge is 0.521 e. The third-order valence-electron chi connectivity index (χ3n) is 1.84. The topological polar surface area (TPSA) is 9.23 Å². The van der Waals surface area contributed by atoms with E-state index in [2.05, 4.69) is 0 Å². The second-order valence-electron chi connectivity index (χ2n) is 3.39. The number of benzene rings is 1. The van der Waals surface area contributed by atoms with Gasteiger partial charge in [-0.2, -0.15) is 0 Å². The predicted molar refractivity (Wildman–Crippen MR) is 55.5 cm³/mol. The summed E-state index contributed by atoms with van der Waals surface area (Å²) in [6, 6.07) is 3.15. The predicted octanol–water partition coefficient (Wildman–Crippen LogP) is 0.726. The van der Waals surface area contributed by atoms with E-state index in [0.29, 0.717) is 16.1 Å². The third kappa shape index (κ3) is 5.42. The van der Waals surface area contributed by atoms with E-state index < -0.39 is 13.5 Å². The summed E-state index contributed by atoms with van der Waals surface area (Å²) in [7, 11) is 0. The van der Waals surface area contributed by atoms with E-state index >= 15 is 0 Å². The van der Waals surface area contributed by atoms with Crippen LogP contribution in [0.15, 0.2) is 12.1 Å². The molecule has 16 heavy (non-hydrogen) atoms. The largest absolute Gasteiger partial charge is 1.00 e. The summed E-state index contributed by atoms with van der Waals surface area (Å²) < 4.78 is 40.7. The Morgan fingerprint density at radius 3 is 2.00 bits per heavy atom. The molecular weight excluding hydrogens is 266 g/mol. The van der Waals surface area contributed by atoms with Crippen molar-refractivity contribution in [2.24, 2.45) is 0 Å². The standard InChI is InChI=1S/C9H10BClF3O.K/c1-6-3-8(11)4-7(2)9(6)15-5-10(12,13)14;/h3-4H,5H2,1-2H3;/q-1;+1. The van der Waals surface area contributed by atoms with Crippen LogP contribution in [-0.4, -0.2) is 13.5 Å². The van der Waals surface area contributed by atoms with Crippen molar-refractivity contribution in [1.29, 1.82) is 0 Å². The molecule has 0 spiro atoms. The molecule has 0 aromatic heterocycles. The second kappa shape index (κ2) is 6.66. The van der Waals surface area contributed by atoms with Gasteiger partial charge in [-0.1, -0.05) is 11.6 Å². The molecule has 7 heteroatoms. The Morgan fingerprint density at radius 2 is 1.62 bits per heavy atom. The first-order chi connectivity index (χ1) is 6.79. The van der Waals surface area contributed by atoms with Crippen molar-refractivity contribution < 1.29 is 69.1 Å². The molecule has 0 fully saturated rings. The molecular formula is C9H10BClF3KO. The van der Waals surface area contributed by atoms with Gasteiger partial charge in [-0.3, -0.25) is 0 Å². The average Bonchev–Trinajstić information content (AvgIpc) is 1.99. The van der Waals surface area contributed by atoms with Gasteiger partial charge in [-0.25, -0.2) is 0 Å². The first-order valence-electron chi connectivity index (χ1n) is 4.40. The zero-order valence-electron chi connectivity index (χ0n) is 9.36. The van der Waals surface area contributed by atoms with Crippen molar-refractivity contribution in [1.82, 2.24) is 0 Å². The summed E-state index contributed by atoms with van der Waals surface area (Å²) in [6.07, 6.45) is 0. The first kappa shape index (κ1) is 16.8. The maximum absolute atomic E-state index is 12.0. The number of halogens is 4. The monoisotopic (exact) mass is 276 g/mol. The van der Waals surface area contributed by atoms with Crippen LogP contribution in [0.1, 0.15) is 11.1 Å². The molecule has 0 radical (unpaired) electrons. The Morgan fingerprint density at radius 1 is 1.19 bits per heavy atom. The van der Waals surface area contributed by atoms with Crippen LogP contribution in [0.25, 0.3) is 0 Å². The van der Waals surface area contributed by atoms with Gasteiger partial charge in [0.2, 0.25) is 0 Å². The molecule has 0 aliphatic heterocycles. The molecule has 1 nitrogen and oxygen atoms in total. The summed E-state index contributed by atoms with van der Waals surface area (Å²) in [5, 5.41) is 0.495. The fraction of sp³-hybridized carbons (Fsp3) is 0.333. The number of hydrogen-bond acceptors (Lipinski definition) is 1. The van der Waals surface area contributed by atoms with Crippen LogP contribution in [0, 0.1) is 13.8 Å². The zero-order chi connectivity index (χ0) is 11.6. The molecule has 0 saturated heterocycles. The Kier molecular flexibility index (Phi) is 6.99. The summed E-state index contributed by atoms with van der Waals surface area (Å²) >= 11 is 5.74. The van der Waals surface area contributed by atoms with Crippen LogP contribution < -0.4 is 56.1 Å². The molecule has 84 valence electrons. The van der Waals surface area contributed by atoms with E-state index in [0.717, 1.165) is 0 Å². The number of rotatable bonds is 3. The Balaban J connectivity index is 0.00000225. The minimum atomic E-state index is -4.92. The van der Waals surface area contributed by atoms with Gasteiger partial charge in [0.15, 0.2) is 0 Å². The molecule has 0 aliphatic carbocycles. The molecule has 0 bridgehead atoms. The van der Waals surface area contributed by atoms with Gasteiger partial charge in [0.1, 0.15) is 5.75 Å². The minimum absolute atomic E-state index is 0. The van der Waals surface area contributed by atoms with Gasteiger partial charge in [-0.05, 0) is 37.1 Å². The van der Waals surface area contributed by atoms with Crippen molar-refractivity contribution in [3.05, 3.63) is 28.3 Å². The second-order valence-corrected chi connectivity index (χ2v) is 3.83. The number of ether oxygens (including phenoxy) is 1. The molecule has 1 aromatic rings. The van der Waals surface area contributed by atoms with E-state index in [-0.39, 0.29) is 57.1 Å². The molecule has 0 unspecified atom stereocenters. The normalized spacial score (nSPS) is 10.9. The molecule has 0 aliphatic rings. The van der Waals surface area contributed by atoms with Crippen LogP contribution in [0.5, 0.6) is 5.75 Å². The van der Waals surface area contributed by atoms with Gasteiger partial charge in [0.05, 0.1) is 6.51 Å². The summed E-state index contributed by atoms with van der Waals surface area (Å²) in [5.74, 6) is 0.263. The molecule has 0 amide bonds. The van der Waals surface area contributed by atoms with Crippen molar-refractivity contribution in [2.75, 3.05) is 6.51 Å².